The zero-order valence-electron chi connectivity index (χ0n) is 26.2. The van der Waals surface area contributed by atoms with E-state index in [9.17, 15) is 20.2 Å². The van der Waals surface area contributed by atoms with Crippen LogP contribution in [0.1, 0.15) is 19.3 Å². The maximum Gasteiger partial charge on any atom is 0.363 e. The lowest BCUT2D eigenvalue weighted by Crippen LogP contribution is -2.25. The van der Waals surface area contributed by atoms with E-state index in [1.807, 2.05) is 18.3 Å². The summed E-state index contributed by atoms with van der Waals surface area (Å²) in [6, 6.07) is 9.92. The topological polar surface area (TPSA) is 197 Å². The van der Waals surface area contributed by atoms with Crippen LogP contribution in [0.15, 0.2) is 59.5 Å². The highest BCUT2D eigenvalue weighted by atomic mass is 79.9. The third-order valence-electron chi connectivity index (χ3n) is 6.83. The molecule has 6 heterocycles. The normalized spacial score (nSPS) is 16.6. The molecule has 3 saturated heterocycles. The molecule has 256 valence electrons. The molecule has 47 heavy (non-hydrogen) atoms. The fourth-order valence-electron chi connectivity index (χ4n) is 4.41. The van der Waals surface area contributed by atoms with Gasteiger partial charge >= 0.3 is 11.6 Å². The number of aromatic nitrogens is 3. The minimum Gasteiger partial charge on any atom is -0.384 e. The number of anilines is 3. The zero-order valence-corrected chi connectivity index (χ0v) is 27.8. The van der Waals surface area contributed by atoms with Crippen LogP contribution in [0.5, 0.6) is 0 Å². The molecule has 0 radical (unpaired) electrons. The molecule has 16 nitrogen and oxygen atoms in total. The first kappa shape index (κ1) is 37.4. The molecule has 0 atom stereocenters. The van der Waals surface area contributed by atoms with Gasteiger partial charge in [0.25, 0.3) is 0 Å². The Morgan fingerprint density at radius 1 is 0.660 bits per heavy atom. The van der Waals surface area contributed by atoms with Gasteiger partial charge in [-0.15, -0.1) is 0 Å². The molecular weight excluding hydrogens is 678 g/mol. The molecule has 3 aliphatic heterocycles. The summed E-state index contributed by atoms with van der Waals surface area (Å²) in [7, 11) is 0. The summed E-state index contributed by atoms with van der Waals surface area (Å²) in [4.78, 5) is 35.3. The Morgan fingerprint density at radius 3 is 1.70 bits per heavy atom. The molecule has 17 heteroatoms. The second-order valence-electron chi connectivity index (χ2n) is 10.3. The Labute approximate surface area is 282 Å². The lowest BCUT2D eigenvalue weighted by atomic mass is 10.3. The van der Waals surface area contributed by atoms with Crippen LogP contribution in [-0.2, 0) is 14.2 Å². The maximum atomic E-state index is 10.5. The fourth-order valence-corrected chi connectivity index (χ4v) is 4.65. The minimum atomic E-state index is -0.535. The number of hydrogen-bond acceptors (Lipinski definition) is 14. The second-order valence-corrected chi connectivity index (χ2v) is 11.2. The summed E-state index contributed by atoms with van der Waals surface area (Å²) in [5.41, 5.74) is 7.58. The van der Waals surface area contributed by atoms with Crippen molar-refractivity contribution in [3.8, 4) is 0 Å². The van der Waals surface area contributed by atoms with Crippen molar-refractivity contribution in [3.05, 3.63) is 79.7 Å². The second kappa shape index (κ2) is 21.7. The average Bonchev–Trinajstić information content (AvgIpc) is 3.66. The van der Waals surface area contributed by atoms with Crippen molar-refractivity contribution in [1.29, 1.82) is 0 Å². The first-order chi connectivity index (χ1) is 22.8. The van der Waals surface area contributed by atoms with Crippen molar-refractivity contribution in [1.82, 2.24) is 20.3 Å². The number of nitrogen functional groups attached to an aromatic ring is 1. The van der Waals surface area contributed by atoms with Crippen molar-refractivity contribution in [2.45, 2.75) is 19.3 Å². The van der Waals surface area contributed by atoms with Crippen LogP contribution in [0.3, 0.4) is 0 Å². The van der Waals surface area contributed by atoms with Crippen molar-refractivity contribution < 1.29 is 24.1 Å². The Bertz CT molecular complexity index is 1290. The van der Waals surface area contributed by atoms with E-state index in [2.05, 4.69) is 46.0 Å². The van der Waals surface area contributed by atoms with Crippen LogP contribution in [0.2, 0.25) is 0 Å². The number of nitrogens with zero attached hydrogens (tertiary/aromatic N) is 7. The van der Waals surface area contributed by atoms with Crippen LogP contribution in [0.4, 0.5) is 28.8 Å². The Hall–Kier alpha value is -4.03. The predicted molar refractivity (Wildman–Crippen MR) is 182 cm³/mol. The van der Waals surface area contributed by atoms with Gasteiger partial charge in [0, 0.05) is 64.7 Å². The number of halogens is 1. The summed E-state index contributed by atoms with van der Waals surface area (Å²) in [6.45, 7) is 10.8. The summed E-state index contributed by atoms with van der Waals surface area (Å²) in [6.07, 6.45) is 7.96. The molecule has 3 aliphatic rings. The summed E-state index contributed by atoms with van der Waals surface area (Å²) in [5.74, 6) is 0.317. The van der Waals surface area contributed by atoms with Crippen LogP contribution in [-0.4, -0.2) is 104 Å². The fraction of sp³-hybridized carbons (Fsp3) is 0.500. The molecule has 3 aromatic rings. The SMILES string of the molecule is C1CNCCOC1.Nc1ccc(N2CCCOCC2)cn1.O=[N+]([O-])c1ccc(Br)cn1.O=[N+]([O-])c1ccc(N2CCCOCC2)cn1. The molecule has 3 fully saturated rings. The molecule has 0 bridgehead atoms. The van der Waals surface area contributed by atoms with E-state index in [1.54, 1.807) is 18.3 Å². The van der Waals surface area contributed by atoms with Crippen LogP contribution in [0, 0.1) is 20.2 Å². The molecule has 0 aromatic carbocycles. The van der Waals surface area contributed by atoms with Gasteiger partial charge in [-0.25, -0.2) is 4.98 Å². The first-order valence-corrected chi connectivity index (χ1v) is 16.1. The highest BCUT2D eigenvalue weighted by Crippen LogP contribution is 2.18. The largest absolute Gasteiger partial charge is 0.384 e. The van der Waals surface area contributed by atoms with E-state index in [1.165, 1.54) is 24.8 Å². The molecule has 0 amide bonds. The zero-order chi connectivity index (χ0) is 33.7. The van der Waals surface area contributed by atoms with E-state index >= 15 is 0 Å². The van der Waals surface area contributed by atoms with E-state index in [0.717, 1.165) is 101 Å². The smallest absolute Gasteiger partial charge is 0.363 e. The van der Waals surface area contributed by atoms with Crippen LogP contribution < -0.4 is 20.9 Å². The lowest BCUT2D eigenvalue weighted by Gasteiger charge is -2.21. The van der Waals surface area contributed by atoms with Crippen LogP contribution >= 0.6 is 15.9 Å². The van der Waals surface area contributed by atoms with E-state index in [4.69, 9.17) is 19.9 Å². The first-order valence-electron chi connectivity index (χ1n) is 15.3. The van der Waals surface area contributed by atoms with Gasteiger partial charge in [0.05, 0.1) is 41.9 Å². The van der Waals surface area contributed by atoms with Gasteiger partial charge in [-0.05, 0) is 85.8 Å². The third-order valence-corrected chi connectivity index (χ3v) is 7.30. The monoisotopic (exact) mass is 719 g/mol. The van der Waals surface area contributed by atoms with Gasteiger partial charge in [-0.3, -0.25) is 0 Å². The number of hydrogen-bond donors (Lipinski definition) is 2. The molecule has 0 saturated carbocycles. The van der Waals surface area contributed by atoms with E-state index < -0.39 is 9.85 Å². The summed E-state index contributed by atoms with van der Waals surface area (Å²) in [5, 5.41) is 23.7. The Kier molecular flexibility index (Phi) is 17.3. The molecule has 0 spiro atoms. The van der Waals surface area contributed by atoms with Gasteiger partial charge in [0.15, 0.2) is 12.4 Å². The molecule has 0 unspecified atom stereocenters. The number of nitrogens with one attached hydrogen (secondary N) is 1. The number of nitrogens with two attached hydrogens (primary N) is 1. The van der Waals surface area contributed by atoms with Gasteiger partial charge in [0.2, 0.25) is 0 Å². The van der Waals surface area contributed by atoms with Crippen molar-refractivity contribution >= 4 is 44.8 Å². The molecule has 3 aromatic heterocycles. The number of rotatable bonds is 4. The average molecular weight is 721 g/mol. The maximum absolute atomic E-state index is 10.5. The van der Waals surface area contributed by atoms with Crippen molar-refractivity contribution in [3.63, 3.8) is 0 Å². The molecule has 6 rings (SSSR count). The minimum absolute atomic E-state index is 0.116. The predicted octanol–water partition coefficient (Wildman–Crippen LogP) is 3.86. The lowest BCUT2D eigenvalue weighted by molar-refractivity contribution is -0.389. The third kappa shape index (κ3) is 15.0. The standard InChI is InChI=1S/C10H13N3O3.C10H15N3O.C5H3BrN2O2.C5H11NO/c14-13(15)10-3-2-9(8-11-10)12-4-1-6-16-7-5-12;11-10-3-2-9(8-12-10)13-4-1-6-14-7-5-13;6-4-1-2-5(7-3-4)8(9)10;1-2-6-3-5-7-4-1/h2-3,8H,1,4-7H2;2-3,8H,1,4-7H2,(H2,11,12);1-3H;6H,1-5H2. The Morgan fingerprint density at radius 2 is 1.19 bits per heavy atom. The van der Waals surface area contributed by atoms with Crippen LogP contribution in [0.25, 0.3) is 0 Å². The highest BCUT2D eigenvalue weighted by Gasteiger charge is 2.14. The van der Waals surface area contributed by atoms with Crippen molar-refractivity contribution in [2.24, 2.45) is 0 Å². The van der Waals surface area contributed by atoms with Gasteiger partial charge in [-0.1, -0.05) is 0 Å². The number of ether oxygens (including phenoxy) is 3. The van der Waals surface area contributed by atoms with E-state index in [-0.39, 0.29) is 11.6 Å². The van der Waals surface area contributed by atoms with E-state index in [0.29, 0.717) is 12.4 Å². The van der Waals surface area contributed by atoms with Crippen molar-refractivity contribution in [2.75, 3.05) is 94.4 Å². The molecular formula is C30H42BrN9O7. The number of nitro groups is 2. The Balaban J connectivity index is 0.000000177. The number of pyridine rings is 3. The summed E-state index contributed by atoms with van der Waals surface area (Å²) >= 11 is 3.11. The molecule has 0 aliphatic carbocycles. The van der Waals surface area contributed by atoms with Gasteiger partial charge < -0.3 is 55.3 Å². The van der Waals surface area contributed by atoms with Gasteiger partial charge in [-0.2, -0.15) is 0 Å². The molecule has 3 N–H and O–H groups in total. The summed E-state index contributed by atoms with van der Waals surface area (Å²) < 4.78 is 16.6. The van der Waals surface area contributed by atoms with Gasteiger partial charge in [0.1, 0.15) is 5.82 Å². The quantitative estimate of drug-likeness (QED) is 0.291. The highest BCUT2D eigenvalue weighted by molar-refractivity contribution is 9.10.